The van der Waals surface area contributed by atoms with E-state index in [-0.39, 0.29) is 0 Å². The first kappa shape index (κ1) is 21.4. The van der Waals surface area contributed by atoms with Crippen molar-refractivity contribution in [3.05, 3.63) is 0 Å². The van der Waals surface area contributed by atoms with Crippen LogP contribution in [0, 0.1) is 0 Å². The second kappa shape index (κ2) is 9.53. The lowest BCUT2D eigenvalue weighted by Gasteiger charge is -2.38. The minimum absolute atomic E-state index is 0.766. The lowest BCUT2D eigenvalue weighted by Crippen LogP contribution is -2.59. The standard InChI is InChI=1S/C12H32O6Si3/c1-9-11-20(13-3,14-4)17-19(7,8)18-21(15-5,16-6)12-10-2/h9-12H2,1-8H3. The summed E-state index contributed by atoms with van der Waals surface area (Å²) in [6.45, 7) is 8.13. The highest BCUT2D eigenvalue weighted by molar-refractivity contribution is 6.82. The van der Waals surface area contributed by atoms with E-state index in [4.69, 9.17) is 25.9 Å². The zero-order valence-electron chi connectivity index (χ0n) is 14.8. The maximum atomic E-state index is 6.26. The van der Waals surface area contributed by atoms with Crippen LogP contribution in [0.15, 0.2) is 0 Å². The third kappa shape index (κ3) is 6.59. The summed E-state index contributed by atoms with van der Waals surface area (Å²) >= 11 is 0. The molecule has 0 bridgehead atoms. The lowest BCUT2D eigenvalue weighted by atomic mass is 10.6. The Morgan fingerprint density at radius 2 is 0.905 bits per heavy atom. The van der Waals surface area contributed by atoms with E-state index >= 15 is 0 Å². The first-order valence-electron chi connectivity index (χ1n) is 7.39. The van der Waals surface area contributed by atoms with Gasteiger partial charge in [-0.3, -0.25) is 0 Å². The van der Waals surface area contributed by atoms with Crippen LogP contribution in [0.25, 0.3) is 0 Å². The van der Waals surface area contributed by atoms with Crippen LogP contribution in [-0.4, -0.2) is 54.6 Å². The molecule has 0 rings (SSSR count). The molecule has 0 unspecified atom stereocenters. The fraction of sp³-hybridized carbons (Fsp3) is 1.00. The zero-order valence-corrected chi connectivity index (χ0v) is 17.8. The number of rotatable bonds is 12. The quantitative estimate of drug-likeness (QED) is 0.501. The fourth-order valence-electron chi connectivity index (χ4n) is 2.23. The summed E-state index contributed by atoms with van der Waals surface area (Å²) in [4.78, 5) is 0. The molecule has 0 N–H and O–H groups in total. The van der Waals surface area contributed by atoms with Crippen LogP contribution >= 0.6 is 0 Å². The van der Waals surface area contributed by atoms with Gasteiger partial charge in [0.15, 0.2) is 0 Å². The van der Waals surface area contributed by atoms with E-state index in [1.807, 2.05) is 13.1 Å². The molecule has 0 fully saturated rings. The summed E-state index contributed by atoms with van der Waals surface area (Å²) < 4.78 is 34.9. The molecule has 0 spiro atoms. The normalized spacial score (nSPS) is 13.7. The highest BCUT2D eigenvalue weighted by Gasteiger charge is 2.50. The van der Waals surface area contributed by atoms with E-state index in [9.17, 15) is 0 Å². The molecule has 0 aliphatic heterocycles. The van der Waals surface area contributed by atoms with Crippen LogP contribution in [0.4, 0.5) is 0 Å². The van der Waals surface area contributed by atoms with Crippen molar-refractivity contribution in [3.8, 4) is 0 Å². The molecular formula is C12H32O6Si3. The van der Waals surface area contributed by atoms with Gasteiger partial charge < -0.3 is 25.9 Å². The van der Waals surface area contributed by atoms with E-state index in [0.717, 1.165) is 24.9 Å². The second-order valence-corrected chi connectivity index (χ2v) is 15.1. The maximum absolute atomic E-state index is 6.26. The smallest absolute Gasteiger partial charge is 0.394 e. The van der Waals surface area contributed by atoms with Crippen molar-refractivity contribution in [2.75, 3.05) is 28.4 Å². The van der Waals surface area contributed by atoms with Crippen LogP contribution in [0.3, 0.4) is 0 Å². The largest absolute Gasteiger partial charge is 0.491 e. The van der Waals surface area contributed by atoms with Gasteiger partial charge >= 0.3 is 26.2 Å². The van der Waals surface area contributed by atoms with Crippen molar-refractivity contribution in [3.63, 3.8) is 0 Å². The summed E-state index contributed by atoms with van der Waals surface area (Å²) in [7, 11) is -1.32. The van der Waals surface area contributed by atoms with Gasteiger partial charge in [-0.15, -0.1) is 0 Å². The third-order valence-electron chi connectivity index (χ3n) is 3.16. The summed E-state index contributed by atoms with van der Waals surface area (Å²) in [6, 6.07) is 1.53. The van der Waals surface area contributed by atoms with Gasteiger partial charge in [0.2, 0.25) is 0 Å². The minimum atomic E-state index is -2.68. The van der Waals surface area contributed by atoms with Gasteiger partial charge in [0, 0.05) is 40.5 Å². The van der Waals surface area contributed by atoms with Crippen LogP contribution in [0.1, 0.15) is 26.7 Å². The molecule has 0 aromatic heterocycles. The Morgan fingerprint density at radius 1 is 0.619 bits per heavy atom. The SMILES string of the molecule is CCC[Si](OC)(OC)O[Si](C)(C)O[Si](CCC)(OC)OC. The Balaban J connectivity index is 5.08. The summed E-state index contributed by atoms with van der Waals surface area (Å²) in [5, 5.41) is 0. The van der Waals surface area contributed by atoms with E-state index < -0.39 is 26.2 Å². The van der Waals surface area contributed by atoms with E-state index in [2.05, 4.69) is 13.8 Å². The maximum Gasteiger partial charge on any atom is 0.491 e. The van der Waals surface area contributed by atoms with Gasteiger partial charge in [-0.1, -0.05) is 26.7 Å². The lowest BCUT2D eigenvalue weighted by molar-refractivity contribution is 0.116. The Bertz CT molecular complexity index is 256. The molecule has 128 valence electrons. The van der Waals surface area contributed by atoms with E-state index in [0.29, 0.717) is 0 Å². The molecular weight excluding hydrogens is 324 g/mol. The highest BCUT2D eigenvalue weighted by Crippen LogP contribution is 2.27. The van der Waals surface area contributed by atoms with Gasteiger partial charge in [-0.25, -0.2) is 0 Å². The number of hydrogen-bond acceptors (Lipinski definition) is 6. The number of hydrogen-bond donors (Lipinski definition) is 0. The predicted molar refractivity (Wildman–Crippen MR) is 89.4 cm³/mol. The second-order valence-electron chi connectivity index (χ2n) is 5.29. The topological polar surface area (TPSA) is 55.4 Å². The van der Waals surface area contributed by atoms with Gasteiger partial charge in [0.25, 0.3) is 0 Å². The Morgan fingerprint density at radius 3 is 1.10 bits per heavy atom. The van der Waals surface area contributed by atoms with Crippen molar-refractivity contribution < 1.29 is 25.9 Å². The van der Waals surface area contributed by atoms with Gasteiger partial charge in [-0.2, -0.15) is 0 Å². The first-order valence-corrected chi connectivity index (χ1v) is 14.1. The summed E-state index contributed by atoms with van der Waals surface area (Å²) in [5.74, 6) is 0. The molecule has 6 nitrogen and oxygen atoms in total. The minimum Gasteiger partial charge on any atom is -0.394 e. The van der Waals surface area contributed by atoms with Crippen molar-refractivity contribution in [2.45, 2.75) is 51.9 Å². The van der Waals surface area contributed by atoms with Crippen LogP contribution in [0.2, 0.25) is 25.2 Å². The summed E-state index contributed by atoms with van der Waals surface area (Å²) in [5.41, 5.74) is 0. The molecule has 0 aliphatic carbocycles. The molecule has 0 atom stereocenters. The average Bonchev–Trinajstić information content (AvgIpc) is 2.45. The predicted octanol–water partition coefficient (Wildman–Crippen LogP) is 3.00. The van der Waals surface area contributed by atoms with E-state index in [1.54, 1.807) is 28.4 Å². The molecule has 9 heteroatoms. The Hall–Kier alpha value is 0.411. The van der Waals surface area contributed by atoms with Crippen LogP contribution < -0.4 is 0 Å². The highest BCUT2D eigenvalue weighted by atomic mass is 28.5. The average molecular weight is 357 g/mol. The van der Waals surface area contributed by atoms with Gasteiger partial charge in [0.05, 0.1) is 0 Å². The molecule has 0 saturated heterocycles. The monoisotopic (exact) mass is 356 g/mol. The molecule has 0 radical (unpaired) electrons. The first-order chi connectivity index (χ1) is 9.78. The van der Waals surface area contributed by atoms with Gasteiger partial charge in [0.1, 0.15) is 0 Å². The molecule has 0 aliphatic rings. The molecule has 21 heavy (non-hydrogen) atoms. The van der Waals surface area contributed by atoms with Gasteiger partial charge in [-0.05, 0) is 13.1 Å². The van der Waals surface area contributed by atoms with Crippen LogP contribution in [0.5, 0.6) is 0 Å². The summed E-state index contributed by atoms with van der Waals surface area (Å²) in [6.07, 6.45) is 1.87. The molecule has 0 heterocycles. The third-order valence-corrected chi connectivity index (χ3v) is 14.3. The zero-order chi connectivity index (χ0) is 16.6. The molecule has 0 aromatic carbocycles. The van der Waals surface area contributed by atoms with E-state index in [1.165, 1.54) is 0 Å². The van der Waals surface area contributed by atoms with Crippen molar-refractivity contribution in [2.24, 2.45) is 0 Å². The van der Waals surface area contributed by atoms with Crippen molar-refractivity contribution in [1.29, 1.82) is 0 Å². The molecule has 0 aromatic rings. The van der Waals surface area contributed by atoms with Crippen molar-refractivity contribution >= 4 is 26.2 Å². The molecule has 0 amide bonds. The van der Waals surface area contributed by atoms with Crippen molar-refractivity contribution in [1.82, 2.24) is 0 Å². The fourth-order valence-corrected chi connectivity index (χ4v) is 13.3. The molecule has 0 saturated carbocycles. The Kier molecular flexibility index (Phi) is 9.71. The van der Waals surface area contributed by atoms with Crippen LogP contribution in [-0.2, 0) is 25.9 Å². The Labute approximate surface area is 133 Å².